The molecular formula is C14H15FN2O4. The van der Waals surface area contributed by atoms with Crippen LogP contribution in [0.25, 0.3) is 0 Å². The van der Waals surface area contributed by atoms with Gasteiger partial charge in [0.05, 0.1) is 5.56 Å². The Morgan fingerprint density at radius 2 is 2.10 bits per heavy atom. The van der Waals surface area contributed by atoms with Gasteiger partial charge >= 0.3 is 5.97 Å². The molecule has 0 saturated carbocycles. The van der Waals surface area contributed by atoms with Crippen LogP contribution in [0.5, 0.6) is 0 Å². The minimum Gasteiger partial charge on any atom is -0.480 e. The third-order valence-electron chi connectivity index (χ3n) is 3.31. The number of hydrogen-bond donors (Lipinski definition) is 2. The number of aliphatic carboxylic acids is 1. The van der Waals surface area contributed by atoms with E-state index in [-0.39, 0.29) is 24.4 Å². The lowest BCUT2D eigenvalue weighted by Gasteiger charge is -2.21. The number of nitrogens with one attached hydrogen (secondary N) is 1. The zero-order valence-electron chi connectivity index (χ0n) is 11.5. The van der Waals surface area contributed by atoms with E-state index >= 15 is 0 Å². The van der Waals surface area contributed by atoms with E-state index in [4.69, 9.17) is 5.11 Å². The molecule has 0 radical (unpaired) electrons. The van der Waals surface area contributed by atoms with Gasteiger partial charge in [-0.05, 0) is 31.0 Å². The Labute approximate surface area is 120 Å². The maximum absolute atomic E-state index is 14.0. The Balaban J connectivity index is 2.33. The van der Waals surface area contributed by atoms with Gasteiger partial charge in [0.1, 0.15) is 12.4 Å². The van der Waals surface area contributed by atoms with Gasteiger partial charge in [-0.3, -0.25) is 14.4 Å². The number of carbonyl (C=O) groups excluding carboxylic acids is 2. The Morgan fingerprint density at radius 1 is 1.38 bits per heavy atom. The number of halogens is 1. The quantitative estimate of drug-likeness (QED) is 0.875. The maximum atomic E-state index is 14.0. The predicted molar refractivity (Wildman–Crippen MR) is 72.6 cm³/mol. The molecule has 112 valence electrons. The third kappa shape index (κ3) is 3.18. The highest BCUT2D eigenvalue weighted by Crippen LogP contribution is 2.26. The molecule has 0 unspecified atom stereocenters. The van der Waals surface area contributed by atoms with Crippen molar-refractivity contribution < 1.29 is 23.9 Å². The van der Waals surface area contributed by atoms with Gasteiger partial charge in [0.15, 0.2) is 0 Å². The number of nitrogens with zero attached hydrogens (tertiary/aromatic N) is 1. The molecule has 0 fully saturated rings. The molecule has 1 aliphatic rings. The number of benzene rings is 1. The van der Waals surface area contributed by atoms with Crippen LogP contribution in [0.3, 0.4) is 0 Å². The molecule has 7 heteroatoms. The molecule has 6 nitrogen and oxygen atoms in total. The highest BCUT2D eigenvalue weighted by molar-refractivity contribution is 5.99. The highest BCUT2D eigenvalue weighted by Gasteiger charge is 2.24. The molecule has 0 aromatic heterocycles. The van der Waals surface area contributed by atoms with Gasteiger partial charge in [0.25, 0.3) is 5.91 Å². The summed E-state index contributed by atoms with van der Waals surface area (Å²) >= 11 is 0. The first-order valence-corrected chi connectivity index (χ1v) is 6.55. The second-order valence-corrected chi connectivity index (χ2v) is 4.75. The van der Waals surface area contributed by atoms with Crippen molar-refractivity contribution in [3.8, 4) is 0 Å². The highest BCUT2D eigenvalue weighted by atomic mass is 19.1. The fourth-order valence-corrected chi connectivity index (χ4v) is 2.23. The summed E-state index contributed by atoms with van der Waals surface area (Å²) in [4.78, 5) is 35.2. The summed E-state index contributed by atoms with van der Waals surface area (Å²) < 4.78 is 14.0. The summed E-state index contributed by atoms with van der Waals surface area (Å²) in [6.07, 6.45) is 0.700. The number of anilines is 1. The minimum atomic E-state index is -1.16. The van der Waals surface area contributed by atoms with Crippen molar-refractivity contribution in [2.45, 2.75) is 19.8 Å². The van der Waals surface area contributed by atoms with Crippen LogP contribution in [-0.2, 0) is 16.0 Å². The largest absolute Gasteiger partial charge is 0.480 e. The number of carboxylic acids is 1. The van der Waals surface area contributed by atoms with Crippen molar-refractivity contribution in [1.29, 1.82) is 0 Å². The zero-order chi connectivity index (χ0) is 15.6. The molecule has 1 aromatic rings. The van der Waals surface area contributed by atoms with Crippen LogP contribution >= 0.6 is 0 Å². The Hall–Kier alpha value is -2.44. The fraction of sp³-hybridized carbons (Fsp3) is 0.357. The van der Waals surface area contributed by atoms with Gasteiger partial charge in [0.2, 0.25) is 5.91 Å². The van der Waals surface area contributed by atoms with Gasteiger partial charge in [-0.25, -0.2) is 4.39 Å². The van der Waals surface area contributed by atoms with Gasteiger partial charge in [-0.2, -0.15) is 0 Å². The Bertz CT molecular complexity index is 615. The predicted octanol–water partition coefficient (Wildman–Crippen LogP) is 1.26. The zero-order valence-corrected chi connectivity index (χ0v) is 11.5. The van der Waals surface area contributed by atoms with E-state index in [0.29, 0.717) is 17.7 Å². The molecule has 0 atom stereocenters. The molecule has 2 amide bonds. The normalized spacial score (nSPS) is 13.3. The van der Waals surface area contributed by atoms with E-state index in [2.05, 4.69) is 5.32 Å². The van der Waals surface area contributed by atoms with Crippen LogP contribution in [0.1, 0.15) is 29.3 Å². The fourth-order valence-electron chi connectivity index (χ4n) is 2.23. The Kier molecular flexibility index (Phi) is 4.21. The molecule has 0 spiro atoms. The van der Waals surface area contributed by atoms with E-state index in [9.17, 15) is 18.8 Å². The second kappa shape index (κ2) is 5.90. The Morgan fingerprint density at radius 3 is 2.71 bits per heavy atom. The van der Waals surface area contributed by atoms with E-state index < -0.39 is 24.2 Å². The van der Waals surface area contributed by atoms with Crippen molar-refractivity contribution in [3.05, 3.63) is 29.1 Å². The standard InChI is InChI=1S/C14H15FN2O4/c1-2-17(7-13(19)20)14(21)9-5-8-3-4-12(18)16-11(8)6-10(9)15/h5-6H,2-4,7H2,1H3,(H,16,18)(H,19,20). The number of likely N-dealkylation sites (N-methyl/N-ethyl adjacent to an activating group) is 1. The van der Waals surface area contributed by atoms with Crippen LogP contribution in [0, 0.1) is 5.82 Å². The molecular weight excluding hydrogens is 279 g/mol. The van der Waals surface area contributed by atoms with Gasteiger partial charge in [0, 0.05) is 18.7 Å². The van der Waals surface area contributed by atoms with E-state index in [1.165, 1.54) is 6.07 Å². The first-order chi connectivity index (χ1) is 9.92. The van der Waals surface area contributed by atoms with Gasteiger partial charge < -0.3 is 15.3 Å². The topological polar surface area (TPSA) is 86.7 Å². The van der Waals surface area contributed by atoms with Crippen LogP contribution in [-0.4, -0.2) is 40.9 Å². The molecule has 0 bridgehead atoms. The average molecular weight is 294 g/mol. The van der Waals surface area contributed by atoms with Gasteiger partial charge in [-0.1, -0.05) is 0 Å². The summed E-state index contributed by atoms with van der Waals surface area (Å²) in [5, 5.41) is 11.3. The van der Waals surface area contributed by atoms with E-state index in [1.54, 1.807) is 6.92 Å². The SMILES string of the molecule is CCN(CC(=O)O)C(=O)c1cc2c(cc1F)NC(=O)CC2. The minimum absolute atomic E-state index is 0.165. The number of aryl methyl sites for hydroxylation is 1. The van der Waals surface area contributed by atoms with Crippen molar-refractivity contribution in [2.75, 3.05) is 18.4 Å². The molecule has 2 N–H and O–H groups in total. The first-order valence-electron chi connectivity index (χ1n) is 6.55. The first kappa shape index (κ1) is 15.0. The lowest BCUT2D eigenvalue weighted by Crippen LogP contribution is -2.36. The summed E-state index contributed by atoms with van der Waals surface area (Å²) in [6.45, 7) is 1.30. The van der Waals surface area contributed by atoms with Crippen LogP contribution in [0.4, 0.5) is 10.1 Å². The summed E-state index contributed by atoms with van der Waals surface area (Å²) in [7, 11) is 0. The maximum Gasteiger partial charge on any atom is 0.323 e. The summed E-state index contributed by atoms with van der Waals surface area (Å²) in [5.41, 5.74) is 0.861. The monoisotopic (exact) mass is 294 g/mol. The van der Waals surface area contributed by atoms with Crippen molar-refractivity contribution in [1.82, 2.24) is 4.90 Å². The summed E-state index contributed by atoms with van der Waals surface area (Å²) in [6, 6.07) is 2.49. The third-order valence-corrected chi connectivity index (χ3v) is 3.31. The lowest BCUT2D eigenvalue weighted by molar-refractivity contribution is -0.137. The van der Waals surface area contributed by atoms with E-state index in [1.807, 2.05) is 0 Å². The molecule has 2 rings (SSSR count). The smallest absolute Gasteiger partial charge is 0.323 e. The van der Waals surface area contributed by atoms with Crippen LogP contribution in [0.2, 0.25) is 0 Å². The van der Waals surface area contributed by atoms with Crippen molar-refractivity contribution in [2.24, 2.45) is 0 Å². The van der Waals surface area contributed by atoms with Crippen LogP contribution in [0.15, 0.2) is 12.1 Å². The number of amides is 2. The number of hydrogen-bond acceptors (Lipinski definition) is 3. The molecule has 0 aliphatic carbocycles. The lowest BCUT2D eigenvalue weighted by atomic mass is 9.99. The molecule has 1 heterocycles. The molecule has 21 heavy (non-hydrogen) atoms. The number of rotatable bonds is 4. The van der Waals surface area contributed by atoms with Crippen molar-refractivity contribution in [3.63, 3.8) is 0 Å². The molecule has 1 aliphatic heterocycles. The van der Waals surface area contributed by atoms with Crippen molar-refractivity contribution >= 4 is 23.5 Å². The average Bonchev–Trinajstić information content (AvgIpc) is 2.43. The number of carbonyl (C=O) groups is 3. The van der Waals surface area contributed by atoms with E-state index in [0.717, 1.165) is 11.0 Å². The van der Waals surface area contributed by atoms with Gasteiger partial charge in [-0.15, -0.1) is 0 Å². The number of fused-ring (bicyclic) bond motifs is 1. The van der Waals surface area contributed by atoms with Crippen LogP contribution < -0.4 is 5.32 Å². The summed E-state index contributed by atoms with van der Waals surface area (Å²) in [5.74, 6) is -2.79. The second-order valence-electron chi connectivity index (χ2n) is 4.75. The molecule has 0 saturated heterocycles. The molecule has 1 aromatic carbocycles. The number of carboxylic acid groups (broad SMARTS) is 1.